The first-order chi connectivity index (χ1) is 7.15. The van der Waals surface area contributed by atoms with Crippen LogP contribution in [0, 0.1) is 17.8 Å². The van der Waals surface area contributed by atoms with Gasteiger partial charge in [0.2, 0.25) is 5.91 Å². The van der Waals surface area contributed by atoms with E-state index in [4.69, 9.17) is 16.2 Å². The van der Waals surface area contributed by atoms with E-state index in [0.29, 0.717) is 18.4 Å². The fraction of sp³-hybridized carbons (Fsp3) is 0.909. The van der Waals surface area contributed by atoms with Gasteiger partial charge in [0.25, 0.3) is 0 Å². The molecular weight excluding hydrogens is 192 g/mol. The second kappa shape index (κ2) is 6.08. The predicted molar refractivity (Wildman–Crippen MR) is 59.1 cm³/mol. The van der Waals surface area contributed by atoms with E-state index >= 15 is 0 Å². The van der Waals surface area contributed by atoms with Gasteiger partial charge >= 0.3 is 0 Å². The number of carbonyl (C=O) groups excluding carboxylic acids is 1. The van der Waals surface area contributed by atoms with Crippen LogP contribution in [0.15, 0.2) is 0 Å². The number of ether oxygens (including phenoxy) is 1. The Kier molecular flexibility index (Phi) is 5.05. The Labute approximate surface area is 91.3 Å². The van der Waals surface area contributed by atoms with Gasteiger partial charge in [-0.15, -0.1) is 0 Å². The zero-order chi connectivity index (χ0) is 11.3. The van der Waals surface area contributed by atoms with Crippen molar-refractivity contribution in [3.63, 3.8) is 0 Å². The summed E-state index contributed by atoms with van der Waals surface area (Å²) in [5, 5.41) is 0. The van der Waals surface area contributed by atoms with Crippen LogP contribution in [0.3, 0.4) is 0 Å². The van der Waals surface area contributed by atoms with Gasteiger partial charge in [-0.2, -0.15) is 0 Å². The lowest BCUT2D eigenvalue weighted by Crippen LogP contribution is -2.27. The van der Waals surface area contributed by atoms with Crippen molar-refractivity contribution in [1.82, 2.24) is 0 Å². The summed E-state index contributed by atoms with van der Waals surface area (Å²) >= 11 is 0. The van der Waals surface area contributed by atoms with Crippen molar-refractivity contribution in [2.45, 2.75) is 26.2 Å². The van der Waals surface area contributed by atoms with Crippen molar-refractivity contribution in [3.05, 3.63) is 0 Å². The molecule has 1 aliphatic rings. The minimum atomic E-state index is -0.295. The molecule has 4 N–H and O–H groups in total. The highest BCUT2D eigenvalue weighted by Gasteiger charge is 2.26. The Morgan fingerprint density at radius 2 is 2.13 bits per heavy atom. The number of nitrogens with two attached hydrogens (primary N) is 2. The maximum Gasteiger partial charge on any atom is 0.222 e. The number of carbonyl (C=O) groups is 1. The van der Waals surface area contributed by atoms with Crippen LogP contribution < -0.4 is 11.5 Å². The van der Waals surface area contributed by atoms with Gasteiger partial charge in [0, 0.05) is 6.61 Å². The molecule has 0 aromatic rings. The number of hydrogen-bond donors (Lipinski definition) is 2. The number of amides is 1. The van der Waals surface area contributed by atoms with Crippen LogP contribution in [-0.4, -0.2) is 25.7 Å². The molecule has 1 amide bonds. The third-order valence-electron chi connectivity index (χ3n) is 3.30. The molecule has 3 unspecified atom stereocenters. The normalized spacial score (nSPS) is 27.9. The molecular formula is C11H22N2O2. The summed E-state index contributed by atoms with van der Waals surface area (Å²) < 4.78 is 5.52. The fourth-order valence-electron chi connectivity index (χ4n) is 2.12. The minimum absolute atomic E-state index is 0.192. The van der Waals surface area contributed by atoms with Crippen molar-refractivity contribution in [3.8, 4) is 0 Å². The van der Waals surface area contributed by atoms with Gasteiger partial charge in [-0.05, 0) is 31.2 Å². The lowest BCUT2D eigenvalue weighted by Gasteiger charge is -2.18. The van der Waals surface area contributed by atoms with E-state index < -0.39 is 0 Å². The van der Waals surface area contributed by atoms with Crippen molar-refractivity contribution in [1.29, 1.82) is 0 Å². The summed E-state index contributed by atoms with van der Waals surface area (Å²) in [6, 6.07) is 0. The molecule has 1 fully saturated rings. The van der Waals surface area contributed by atoms with Gasteiger partial charge < -0.3 is 16.2 Å². The van der Waals surface area contributed by atoms with E-state index in [2.05, 4.69) is 0 Å². The van der Waals surface area contributed by atoms with Crippen LogP contribution in [0.25, 0.3) is 0 Å². The van der Waals surface area contributed by atoms with Crippen molar-refractivity contribution >= 4 is 5.91 Å². The lowest BCUT2D eigenvalue weighted by atomic mass is 9.97. The Bertz CT molecular complexity index is 209. The molecule has 0 spiro atoms. The second-order valence-corrected chi connectivity index (χ2v) is 4.53. The van der Waals surface area contributed by atoms with Crippen LogP contribution in [0.4, 0.5) is 0 Å². The van der Waals surface area contributed by atoms with E-state index in [0.717, 1.165) is 13.2 Å². The third kappa shape index (κ3) is 3.80. The zero-order valence-corrected chi connectivity index (χ0v) is 9.45. The SMILES string of the molecule is CC(COCC1CCCC1CN)C(N)=O. The maximum absolute atomic E-state index is 10.8. The van der Waals surface area contributed by atoms with E-state index in [1.807, 2.05) is 0 Å². The Morgan fingerprint density at radius 1 is 1.47 bits per heavy atom. The number of primary amides is 1. The van der Waals surface area contributed by atoms with Crippen molar-refractivity contribution in [2.24, 2.45) is 29.2 Å². The van der Waals surface area contributed by atoms with E-state index in [-0.39, 0.29) is 11.8 Å². The molecule has 0 saturated heterocycles. The maximum atomic E-state index is 10.8. The molecule has 0 aromatic heterocycles. The standard InChI is InChI=1S/C11H22N2O2/c1-8(11(13)14)6-15-7-10-4-2-3-9(10)5-12/h8-10H,2-7,12H2,1H3,(H2,13,14). The van der Waals surface area contributed by atoms with Crippen LogP contribution in [-0.2, 0) is 9.53 Å². The number of hydrogen-bond acceptors (Lipinski definition) is 3. The summed E-state index contributed by atoms with van der Waals surface area (Å²) in [5.41, 5.74) is 10.8. The molecule has 0 bridgehead atoms. The topological polar surface area (TPSA) is 78.3 Å². The Morgan fingerprint density at radius 3 is 2.73 bits per heavy atom. The summed E-state index contributed by atoms with van der Waals surface area (Å²) in [5.74, 6) is 0.698. The van der Waals surface area contributed by atoms with Gasteiger partial charge in [-0.1, -0.05) is 13.3 Å². The highest BCUT2D eigenvalue weighted by Crippen LogP contribution is 2.30. The molecule has 4 nitrogen and oxygen atoms in total. The predicted octanol–water partition coefficient (Wildman–Crippen LogP) is 0.499. The lowest BCUT2D eigenvalue weighted by molar-refractivity contribution is -0.123. The zero-order valence-electron chi connectivity index (χ0n) is 9.45. The highest BCUT2D eigenvalue weighted by molar-refractivity contribution is 5.76. The monoisotopic (exact) mass is 214 g/mol. The first kappa shape index (κ1) is 12.5. The van der Waals surface area contributed by atoms with E-state index in [9.17, 15) is 4.79 Å². The van der Waals surface area contributed by atoms with Gasteiger partial charge in [0.05, 0.1) is 12.5 Å². The van der Waals surface area contributed by atoms with Gasteiger partial charge in [0.1, 0.15) is 0 Å². The molecule has 0 aliphatic heterocycles. The second-order valence-electron chi connectivity index (χ2n) is 4.53. The average Bonchev–Trinajstić information content (AvgIpc) is 2.65. The molecule has 15 heavy (non-hydrogen) atoms. The number of rotatable bonds is 6. The summed E-state index contributed by atoms with van der Waals surface area (Å²) in [6.45, 7) is 3.69. The molecule has 0 aromatic carbocycles. The molecule has 3 atom stereocenters. The van der Waals surface area contributed by atoms with Crippen molar-refractivity contribution < 1.29 is 9.53 Å². The molecule has 0 radical (unpaired) electrons. The van der Waals surface area contributed by atoms with E-state index in [1.165, 1.54) is 19.3 Å². The molecule has 1 saturated carbocycles. The van der Waals surface area contributed by atoms with Gasteiger partial charge in [0.15, 0.2) is 0 Å². The third-order valence-corrected chi connectivity index (χ3v) is 3.30. The van der Waals surface area contributed by atoms with Crippen LogP contribution in [0.5, 0.6) is 0 Å². The van der Waals surface area contributed by atoms with Crippen LogP contribution >= 0.6 is 0 Å². The molecule has 1 aliphatic carbocycles. The molecule has 0 heterocycles. The van der Waals surface area contributed by atoms with Crippen LogP contribution in [0.1, 0.15) is 26.2 Å². The smallest absolute Gasteiger partial charge is 0.222 e. The summed E-state index contributed by atoms with van der Waals surface area (Å²) in [4.78, 5) is 10.8. The first-order valence-electron chi connectivity index (χ1n) is 5.72. The fourth-order valence-corrected chi connectivity index (χ4v) is 2.12. The largest absolute Gasteiger partial charge is 0.380 e. The summed E-state index contributed by atoms with van der Waals surface area (Å²) in [7, 11) is 0. The van der Waals surface area contributed by atoms with Gasteiger partial charge in [-0.25, -0.2) is 0 Å². The molecule has 1 rings (SSSR count). The Balaban J connectivity index is 2.17. The summed E-state index contributed by atoms with van der Waals surface area (Å²) in [6.07, 6.45) is 3.67. The van der Waals surface area contributed by atoms with Crippen molar-refractivity contribution in [2.75, 3.05) is 19.8 Å². The van der Waals surface area contributed by atoms with Gasteiger partial charge in [-0.3, -0.25) is 4.79 Å². The quantitative estimate of drug-likeness (QED) is 0.675. The minimum Gasteiger partial charge on any atom is -0.380 e. The molecule has 88 valence electrons. The first-order valence-corrected chi connectivity index (χ1v) is 5.72. The average molecular weight is 214 g/mol. The molecule has 4 heteroatoms. The Hall–Kier alpha value is -0.610. The highest BCUT2D eigenvalue weighted by atomic mass is 16.5. The van der Waals surface area contributed by atoms with Crippen LogP contribution in [0.2, 0.25) is 0 Å². The van der Waals surface area contributed by atoms with E-state index in [1.54, 1.807) is 6.92 Å².